The lowest BCUT2D eigenvalue weighted by molar-refractivity contribution is -0.141. The molecule has 2 heterocycles. The Bertz CT molecular complexity index is 584. The summed E-state index contributed by atoms with van der Waals surface area (Å²) in [6.45, 7) is 3.17. The highest BCUT2D eigenvalue weighted by atomic mass is 16.5. The molecule has 0 spiro atoms. The first-order valence-corrected chi connectivity index (χ1v) is 9.47. The van der Waals surface area contributed by atoms with Crippen LogP contribution in [0.15, 0.2) is 4.52 Å². The predicted molar refractivity (Wildman–Crippen MR) is 87.3 cm³/mol. The van der Waals surface area contributed by atoms with Gasteiger partial charge in [-0.1, -0.05) is 24.9 Å². The van der Waals surface area contributed by atoms with Crippen molar-refractivity contribution < 1.29 is 14.1 Å². The summed E-state index contributed by atoms with van der Waals surface area (Å²) < 4.78 is 11.3. The number of hydrogen-bond donors (Lipinski definition) is 0. The van der Waals surface area contributed by atoms with Crippen LogP contribution in [0.4, 0.5) is 0 Å². The second-order valence-corrected chi connectivity index (χ2v) is 7.62. The number of aromatic nitrogens is 2. The van der Waals surface area contributed by atoms with Crippen LogP contribution in [-0.2, 0) is 9.53 Å². The number of rotatable bonds is 5. The Morgan fingerprint density at radius 3 is 2.83 bits per heavy atom. The molecular formula is C18H27N3O3. The van der Waals surface area contributed by atoms with E-state index in [1.165, 1.54) is 19.3 Å². The molecule has 6 nitrogen and oxygen atoms in total. The number of amides is 1. The van der Waals surface area contributed by atoms with Gasteiger partial charge >= 0.3 is 0 Å². The average molecular weight is 333 g/mol. The standard InChI is InChI=1S/C18H27N3O3/c1-12-5-2-3-7-15(12)23-11-16(22)21-10-4-6-14(21)17-19-18(24-20-17)13-8-9-13/h12-15H,2-11H2,1H3. The lowest BCUT2D eigenvalue weighted by Gasteiger charge is -2.30. The first-order valence-electron chi connectivity index (χ1n) is 9.47. The summed E-state index contributed by atoms with van der Waals surface area (Å²) in [6.07, 6.45) is 9.19. The summed E-state index contributed by atoms with van der Waals surface area (Å²) in [4.78, 5) is 19.1. The molecule has 24 heavy (non-hydrogen) atoms. The maximum atomic E-state index is 12.6. The molecule has 132 valence electrons. The van der Waals surface area contributed by atoms with Crippen molar-refractivity contribution in [3.63, 3.8) is 0 Å². The summed E-state index contributed by atoms with van der Waals surface area (Å²) in [7, 11) is 0. The molecule has 1 amide bonds. The monoisotopic (exact) mass is 333 g/mol. The molecule has 0 bridgehead atoms. The van der Waals surface area contributed by atoms with Crippen molar-refractivity contribution in [3.05, 3.63) is 11.7 Å². The predicted octanol–water partition coefficient (Wildman–Crippen LogP) is 3.21. The molecule has 1 aromatic rings. The summed E-state index contributed by atoms with van der Waals surface area (Å²) in [5.74, 6) is 2.49. The van der Waals surface area contributed by atoms with E-state index in [-0.39, 0.29) is 24.7 Å². The third-order valence-corrected chi connectivity index (χ3v) is 5.71. The molecule has 4 rings (SSSR count). The fourth-order valence-corrected chi connectivity index (χ4v) is 4.00. The molecule has 1 saturated heterocycles. The first-order chi connectivity index (χ1) is 11.7. The molecule has 0 radical (unpaired) electrons. The van der Waals surface area contributed by atoms with Gasteiger partial charge in [0.25, 0.3) is 0 Å². The third-order valence-electron chi connectivity index (χ3n) is 5.71. The molecule has 3 atom stereocenters. The van der Waals surface area contributed by atoms with Crippen molar-refractivity contribution in [1.82, 2.24) is 15.0 Å². The number of hydrogen-bond acceptors (Lipinski definition) is 5. The number of likely N-dealkylation sites (tertiary alicyclic amines) is 1. The molecule has 3 fully saturated rings. The van der Waals surface area contributed by atoms with Gasteiger partial charge in [-0.2, -0.15) is 4.98 Å². The van der Waals surface area contributed by atoms with E-state index < -0.39 is 0 Å². The van der Waals surface area contributed by atoms with Crippen LogP contribution < -0.4 is 0 Å². The maximum Gasteiger partial charge on any atom is 0.249 e. The molecule has 3 unspecified atom stereocenters. The summed E-state index contributed by atoms with van der Waals surface area (Å²) >= 11 is 0. The number of nitrogens with zero attached hydrogens (tertiary/aromatic N) is 3. The van der Waals surface area contributed by atoms with Gasteiger partial charge < -0.3 is 14.2 Å². The fourth-order valence-electron chi connectivity index (χ4n) is 4.00. The molecule has 0 N–H and O–H groups in total. The third kappa shape index (κ3) is 3.34. The van der Waals surface area contributed by atoms with Gasteiger partial charge in [-0.15, -0.1) is 0 Å². The minimum Gasteiger partial charge on any atom is -0.368 e. The molecule has 6 heteroatoms. The van der Waals surface area contributed by atoms with Crippen molar-refractivity contribution in [3.8, 4) is 0 Å². The molecule has 0 aromatic carbocycles. The molecule has 3 aliphatic rings. The van der Waals surface area contributed by atoms with Crippen LogP contribution in [0.5, 0.6) is 0 Å². The zero-order chi connectivity index (χ0) is 16.5. The zero-order valence-electron chi connectivity index (χ0n) is 14.4. The Balaban J connectivity index is 1.35. The molecular weight excluding hydrogens is 306 g/mol. The van der Waals surface area contributed by atoms with Crippen LogP contribution in [0.2, 0.25) is 0 Å². The average Bonchev–Trinajstić information content (AvgIpc) is 3.12. The van der Waals surface area contributed by atoms with Crippen molar-refractivity contribution >= 4 is 5.91 Å². The van der Waals surface area contributed by atoms with Crippen LogP contribution in [0.3, 0.4) is 0 Å². The maximum absolute atomic E-state index is 12.6. The van der Waals surface area contributed by atoms with Gasteiger partial charge in [-0.25, -0.2) is 0 Å². The van der Waals surface area contributed by atoms with Gasteiger partial charge in [0.1, 0.15) is 6.61 Å². The van der Waals surface area contributed by atoms with E-state index in [1.54, 1.807) is 0 Å². The van der Waals surface area contributed by atoms with Crippen LogP contribution in [0.25, 0.3) is 0 Å². The lowest BCUT2D eigenvalue weighted by Crippen LogP contribution is -2.36. The Morgan fingerprint density at radius 1 is 1.21 bits per heavy atom. The summed E-state index contributed by atoms with van der Waals surface area (Å²) in [5, 5.41) is 4.13. The lowest BCUT2D eigenvalue weighted by atomic mass is 9.88. The van der Waals surface area contributed by atoms with E-state index in [0.29, 0.717) is 17.7 Å². The smallest absolute Gasteiger partial charge is 0.249 e. The van der Waals surface area contributed by atoms with Crippen molar-refractivity contribution in [2.24, 2.45) is 5.92 Å². The number of carbonyl (C=O) groups excluding carboxylic acids is 1. The number of ether oxygens (including phenoxy) is 1. The van der Waals surface area contributed by atoms with Crippen LogP contribution >= 0.6 is 0 Å². The van der Waals surface area contributed by atoms with E-state index in [9.17, 15) is 4.79 Å². The van der Waals surface area contributed by atoms with Crippen molar-refractivity contribution in [2.45, 2.75) is 76.4 Å². The van der Waals surface area contributed by atoms with E-state index >= 15 is 0 Å². The Hall–Kier alpha value is -1.43. The van der Waals surface area contributed by atoms with E-state index in [1.807, 2.05) is 4.90 Å². The van der Waals surface area contributed by atoms with Gasteiger partial charge in [-0.3, -0.25) is 4.79 Å². The number of carbonyl (C=O) groups is 1. The van der Waals surface area contributed by atoms with E-state index in [0.717, 1.165) is 44.5 Å². The van der Waals surface area contributed by atoms with Crippen LogP contribution in [0.1, 0.15) is 82.0 Å². The highest BCUT2D eigenvalue weighted by Crippen LogP contribution is 2.40. The first kappa shape index (κ1) is 16.1. The van der Waals surface area contributed by atoms with E-state index in [2.05, 4.69) is 17.1 Å². The van der Waals surface area contributed by atoms with Crippen LogP contribution in [-0.4, -0.2) is 40.2 Å². The minimum absolute atomic E-state index is 0.0406. The summed E-state index contributed by atoms with van der Waals surface area (Å²) in [5.41, 5.74) is 0. The largest absolute Gasteiger partial charge is 0.368 e. The Morgan fingerprint density at radius 2 is 2.04 bits per heavy atom. The fraction of sp³-hybridized carbons (Fsp3) is 0.833. The Labute approximate surface area is 142 Å². The van der Waals surface area contributed by atoms with Gasteiger partial charge in [0.15, 0.2) is 5.82 Å². The van der Waals surface area contributed by atoms with Gasteiger partial charge in [0.2, 0.25) is 11.8 Å². The molecule has 1 aliphatic heterocycles. The normalized spacial score (nSPS) is 30.7. The highest BCUT2D eigenvalue weighted by Gasteiger charge is 2.36. The Kier molecular flexibility index (Phi) is 4.57. The van der Waals surface area contributed by atoms with Gasteiger partial charge in [-0.05, 0) is 44.4 Å². The second kappa shape index (κ2) is 6.82. The van der Waals surface area contributed by atoms with Gasteiger partial charge in [0.05, 0.1) is 12.1 Å². The summed E-state index contributed by atoms with van der Waals surface area (Å²) in [6, 6.07) is -0.0406. The topological polar surface area (TPSA) is 68.5 Å². The molecule has 1 aromatic heterocycles. The minimum atomic E-state index is -0.0406. The van der Waals surface area contributed by atoms with Gasteiger partial charge in [0, 0.05) is 12.5 Å². The molecule has 2 aliphatic carbocycles. The highest BCUT2D eigenvalue weighted by molar-refractivity contribution is 5.78. The second-order valence-electron chi connectivity index (χ2n) is 7.62. The quantitative estimate of drug-likeness (QED) is 0.827. The van der Waals surface area contributed by atoms with Crippen LogP contribution in [0, 0.1) is 5.92 Å². The molecule has 2 saturated carbocycles. The zero-order valence-corrected chi connectivity index (χ0v) is 14.4. The van der Waals surface area contributed by atoms with E-state index in [4.69, 9.17) is 9.26 Å². The SMILES string of the molecule is CC1CCCCC1OCC(=O)N1CCCC1c1noc(C2CC2)n1. The van der Waals surface area contributed by atoms with Crippen molar-refractivity contribution in [1.29, 1.82) is 0 Å². The van der Waals surface area contributed by atoms with Crippen molar-refractivity contribution in [2.75, 3.05) is 13.2 Å².